The van der Waals surface area contributed by atoms with E-state index in [0.717, 1.165) is 36.3 Å². The Labute approximate surface area is 235 Å². The van der Waals surface area contributed by atoms with Gasteiger partial charge in [-0.2, -0.15) is 0 Å². The van der Waals surface area contributed by atoms with Crippen molar-refractivity contribution in [2.24, 2.45) is 0 Å². The van der Waals surface area contributed by atoms with Crippen molar-refractivity contribution in [2.75, 3.05) is 18.0 Å². The number of halogens is 1. The summed E-state index contributed by atoms with van der Waals surface area (Å²) in [5.74, 6) is -0.106. The number of sulfonamides is 1. The highest BCUT2D eigenvalue weighted by Crippen LogP contribution is 2.26. The zero-order valence-corrected chi connectivity index (χ0v) is 24.3. The SMILES string of the molecule is CCCCCN(CC)c1ccc(Cn2c(C)nc3ccc(C(=O)NS(=O)(=O)c4ccc(C)cc4)nc32)c(Cl)c1. The molecule has 0 fully saturated rings. The second-order valence-corrected chi connectivity index (χ2v) is 11.7. The third-order valence-electron chi connectivity index (χ3n) is 6.72. The molecule has 8 nitrogen and oxygen atoms in total. The van der Waals surface area contributed by atoms with Crippen LogP contribution in [0.3, 0.4) is 0 Å². The maximum Gasteiger partial charge on any atom is 0.283 e. The summed E-state index contributed by atoms with van der Waals surface area (Å²) in [7, 11) is -4.04. The lowest BCUT2D eigenvalue weighted by Gasteiger charge is -2.24. The van der Waals surface area contributed by atoms with Crippen molar-refractivity contribution in [3.05, 3.63) is 82.3 Å². The highest BCUT2D eigenvalue weighted by molar-refractivity contribution is 7.90. The highest BCUT2D eigenvalue weighted by atomic mass is 35.5. The molecule has 0 radical (unpaired) electrons. The third-order valence-corrected chi connectivity index (χ3v) is 8.42. The van der Waals surface area contributed by atoms with Crippen molar-refractivity contribution in [1.29, 1.82) is 0 Å². The topological polar surface area (TPSA) is 97.2 Å². The zero-order chi connectivity index (χ0) is 28.2. The number of benzene rings is 2. The van der Waals surface area contributed by atoms with Crippen molar-refractivity contribution in [2.45, 2.75) is 58.4 Å². The van der Waals surface area contributed by atoms with Gasteiger partial charge in [0.2, 0.25) is 0 Å². The number of amides is 1. The van der Waals surface area contributed by atoms with E-state index in [2.05, 4.69) is 39.5 Å². The summed E-state index contributed by atoms with van der Waals surface area (Å²) in [6, 6.07) is 15.5. The van der Waals surface area contributed by atoms with E-state index in [0.29, 0.717) is 28.6 Å². The monoisotopic (exact) mass is 567 g/mol. The number of carbonyl (C=O) groups excluding carboxylic acids is 1. The van der Waals surface area contributed by atoms with Gasteiger partial charge in [-0.15, -0.1) is 0 Å². The zero-order valence-electron chi connectivity index (χ0n) is 22.7. The smallest absolute Gasteiger partial charge is 0.283 e. The molecule has 10 heteroatoms. The van der Waals surface area contributed by atoms with E-state index >= 15 is 0 Å². The number of aromatic nitrogens is 3. The number of pyridine rings is 1. The first-order chi connectivity index (χ1) is 18.6. The summed E-state index contributed by atoms with van der Waals surface area (Å²) < 4.78 is 29.4. The van der Waals surface area contributed by atoms with E-state index in [9.17, 15) is 13.2 Å². The van der Waals surface area contributed by atoms with Gasteiger partial charge in [0.05, 0.1) is 11.4 Å². The lowest BCUT2D eigenvalue weighted by atomic mass is 10.1. The first kappa shape index (κ1) is 28.6. The molecule has 0 atom stereocenters. The van der Waals surface area contributed by atoms with Crippen LogP contribution in [0.5, 0.6) is 0 Å². The summed E-state index contributed by atoms with van der Waals surface area (Å²) in [4.78, 5) is 24.3. The number of hydrogen-bond donors (Lipinski definition) is 1. The normalized spacial score (nSPS) is 11.6. The first-order valence-electron chi connectivity index (χ1n) is 13.1. The lowest BCUT2D eigenvalue weighted by molar-refractivity contribution is 0.0977. The van der Waals surface area contributed by atoms with Crippen LogP contribution in [0.1, 0.15) is 60.5 Å². The number of rotatable bonds is 11. The van der Waals surface area contributed by atoms with E-state index in [1.165, 1.54) is 31.0 Å². The lowest BCUT2D eigenvalue weighted by Crippen LogP contribution is -2.31. The molecule has 0 unspecified atom stereocenters. The quantitative estimate of drug-likeness (QED) is 0.227. The molecule has 0 bridgehead atoms. The maximum atomic E-state index is 12.9. The molecule has 0 saturated heterocycles. The van der Waals surface area contributed by atoms with Crippen molar-refractivity contribution < 1.29 is 13.2 Å². The minimum atomic E-state index is -4.04. The average molecular weight is 568 g/mol. The predicted octanol–water partition coefficient (Wildman–Crippen LogP) is 5.89. The number of fused-ring (bicyclic) bond motifs is 1. The highest BCUT2D eigenvalue weighted by Gasteiger charge is 2.21. The molecule has 2 aromatic heterocycles. The van der Waals surface area contributed by atoms with E-state index < -0.39 is 15.9 Å². The number of anilines is 1. The molecule has 2 heterocycles. The van der Waals surface area contributed by atoms with Crippen LogP contribution in [0.4, 0.5) is 5.69 Å². The Morgan fingerprint density at radius 3 is 2.41 bits per heavy atom. The van der Waals surface area contributed by atoms with E-state index in [4.69, 9.17) is 11.6 Å². The molecular weight excluding hydrogens is 534 g/mol. The van der Waals surface area contributed by atoms with E-state index in [-0.39, 0.29) is 10.6 Å². The van der Waals surface area contributed by atoms with Crippen LogP contribution in [0.2, 0.25) is 5.02 Å². The first-order valence-corrected chi connectivity index (χ1v) is 15.0. The fraction of sp³-hybridized carbons (Fsp3) is 0.345. The average Bonchev–Trinajstić information content (AvgIpc) is 3.21. The van der Waals surface area contributed by atoms with E-state index in [1.807, 2.05) is 30.5 Å². The molecule has 0 aliphatic heterocycles. The number of nitrogens with zero attached hydrogens (tertiary/aromatic N) is 4. The second kappa shape index (κ2) is 12.2. The number of nitrogens with one attached hydrogen (secondary N) is 1. The van der Waals surface area contributed by atoms with Gasteiger partial charge < -0.3 is 9.47 Å². The fourth-order valence-electron chi connectivity index (χ4n) is 4.44. The van der Waals surface area contributed by atoms with Gasteiger partial charge in [0.1, 0.15) is 17.0 Å². The molecule has 4 rings (SSSR count). The molecule has 0 spiro atoms. The molecule has 0 aliphatic carbocycles. The summed E-state index contributed by atoms with van der Waals surface area (Å²) in [6.45, 7) is 10.3. The molecule has 2 aromatic carbocycles. The molecule has 1 amide bonds. The molecule has 0 saturated carbocycles. The minimum absolute atomic E-state index is 0.00788. The number of unbranched alkanes of at least 4 members (excludes halogenated alkanes) is 2. The molecule has 4 aromatic rings. The van der Waals surface area contributed by atoms with Gasteiger partial charge in [-0.05, 0) is 69.2 Å². The Kier molecular flexibility index (Phi) is 8.92. The summed E-state index contributed by atoms with van der Waals surface area (Å²) in [5.41, 5.74) is 3.95. The molecular formula is C29H34ClN5O3S. The Hall–Kier alpha value is -3.43. The Morgan fingerprint density at radius 2 is 1.74 bits per heavy atom. The number of aryl methyl sites for hydroxylation is 2. The molecule has 1 N–H and O–H groups in total. The number of hydrogen-bond acceptors (Lipinski definition) is 6. The molecule has 39 heavy (non-hydrogen) atoms. The van der Waals surface area contributed by atoms with Crippen LogP contribution in [0, 0.1) is 13.8 Å². The Morgan fingerprint density at radius 1 is 1.00 bits per heavy atom. The van der Waals surface area contributed by atoms with Crippen molar-refractivity contribution in [1.82, 2.24) is 19.3 Å². The number of imidazole rings is 1. The summed E-state index contributed by atoms with van der Waals surface area (Å²) in [5, 5.41) is 0.640. The van der Waals surface area contributed by atoms with Gasteiger partial charge >= 0.3 is 0 Å². The van der Waals surface area contributed by atoms with E-state index in [1.54, 1.807) is 18.2 Å². The van der Waals surface area contributed by atoms with Crippen LogP contribution < -0.4 is 9.62 Å². The standard InChI is InChI=1S/C29H34ClN5O3S/c1-5-7-8-17-34(6-2)23-12-11-22(25(30)18-23)19-35-21(4)31-26-15-16-27(32-28(26)35)29(36)33-39(37,38)24-13-9-20(3)10-14-24/h9-16,18H,5-8,17,19H2,1-4H3,(H,33,36). The summed E-state index contributed by atoms with van der Waals surface area (Å²) >= 11 is 6.72. The summed E-state index contributed by atoms with van der Waals surface area (Å²) in [6.07, 6.45) is 3.51. The maximum absolute atomic E-state index is 12.9. The number of carbonyl (C=O) groups is 1. The minimum Gasteiger partial charge on any atom is -0.372 e. The van der Waals surface area contributed by atoms with Crippen molar-refractivity contribution >= 4 is 44.4 Å². The molecule has 0 aliphatic rings. The van der Waals surface area contributed by atoms with Gasteiger partial charge in [-0.25, -0.2) is 23.1 Å². The van der Waals surface area contributed by atoms with Gasteiger partial charge in [0.25, 0.3) is 15.9 Å². The van der Waals surface area contributed by atoms with Crippen LogP contribution >= 0.6 is 11.6 Å². The van der Waals surface area contributed by atoms with Crippen molar-refractivity contribution in [3.63, 3.8) is 0 Å². The van der Waals surface area contributed by atoms with Gasteiger partial charge in [0.15, 0.2) is 5.65 Å². The second-order valence-electron chi connectivity index (χ2n) is 9.59. The van der Waals surface area contributed by atoms with Crippen LogP contribution in [-0.4, -0.2) is 41.9 Å². The van der Waals surface area contributed by atoms with Gasteiger partial charge in [-0.3, -0.25) is 4.79 Å². The molecule has 206 valence electrons. The van der Waals surface area contributed by atoms with Gasteiger partial charge in [0, 0.05) is 23.8 Å². The fourth-order valence-corrected chi connectivity index (χ4v) is 5.63. The Bertz CT molecular complexity index is 1580. The van der Waals surface area contributed by atoms with Gasteiger partial charge in [-0.1, -0.05) is 55.1 Å². The van der Waals surface area contributed by atoms with Crippen molar-refractivity contribution in [3.8, 4) is 0 Å². The largest absolute Gasteiger partial charge is 0.372 e. The predicted molar refractivity (Wildman–Crippen MR) is 156 cm³/mol. The van der Waals surface area contributed by atoms with Crippen LogP contribution in [0.25, 0.3) is 11.2 Å². The van der Waals surface area contributed by atoms with Crippen LogP contribution in [0.15, 0.2) is 59.5 Å². The third kappa shape index (κ3) is 6.59. The Balaban J connectivity index is 1.58. The van der Waals surface area contributed by atoms with Crippen LogP contribution in [-0.2, 0) is 16.6 Å².